The summed E-state index contributed by atoms with van der Waals surface area (Å²) in [5.41, 5.74) is 2.13. The molecule has 1 aromatic heterocycles. The molecule has 0 aliphatic carbocycles. The molecule has 0 bridgehead atoms. The lowest BCUT2D eigenvalue weighted by Gasteiger charge is -2.34. The van der Waals surface area contributed by atoms with Crippen LogP contribution in [0.25, 0.3) is 0 Å². The van der Waals surface area contributed by atoms with Crippen molar-refractivity contribution in [3.8, 4) is 11.5 Å². The number of amides is 1. The van der Waals surface area contributed by atoms with E-state index in [9.17, 15) is 4.79 Å². The van der Waals surface area contributed by atoms with Crippen LogP contribution >= 0.6 is 0 Å². The zero-order chi connectivity index (χ0) is 18.4. The number of benzene rings is 1. The Balaban J connectivity index is 1.23. The van der Waals surface area contributed by atoms with Gasteiger partial charge in [0.25, 0.3) is 0 Å². The molecular weight excluding hydrogens is 346 g/mol. The van der Waals surface area contributed by atoms with Crippen molar-refractivity contribution in [3.05, 3.63) is 35.5 Å². The predicted octanol–water partition coefficient (Wildman–Crippen LogP) is 1.05. The van der Waals surface area contributed by atoms with Crippen LogP contribution in [0.5, 0.6) is 11.5 Å². The summed E-state index contributed by atoms with van der Waals surface area (Å²) in [5.74, 6) is 3.17. The molecule has 27 heavy (non-hydrogen) atoms. The number of rotatable bonds is 3. The SMILES string of the molecule is CN1C(=O)Cc2cnc(N3CCN(Cc4ccc5c(c4)OCO5)CC3)nc21. The average Bonchev–Trinajstić information content (AvgIpc) is 3.26. The van der Waals surface area contributed by atoms with Gasteiger partial charge in [0.15, 0.2) is 11.5 Å². The van der Waals surface area contributed by atoms with Crippen molar-refractivity contribution in [2.75, 3.05) is 49.8 Å². The Kier molecular flexibility index (Phi) is 3.86. The van der Waals surface area contributed by atoms with E-state index in [0.717, 1.165) is 55.6 Å². The molecule has 3 aliphatic heterocycles. The molecule has 8 heteroatoms. The highest BCUT2D eigenvalue weighted by molar-refractivity contribution is 5.99. The van der Waals surface area contributed by atoms with Gasteiger partial charge in [0.2, 0.25) is 18.6 Å². The van der Waals surface area contributed by atoms with Crippen molar-refractivity contribution < 1.29 is 14.3 Å². The number of aromatic nitrogens is 2. The maximum Gasteiger partial charge on any atom is 0.232 e. The Morgan fingerprint density at radius 3 is 2.78 bits per heavy atom. The van der Waals surface area contributed by atoms with Gasteiger partial charge in [-0.3, -0.25) is 14.6 Å². The number of hydrogen-bond acceptors (Lipinski definition) is 7. The first-order valence-electron chi connectivity index (χ1n) is 9.16. The van der Waals surface area contributed by atoms with Gasteiger partial charge in [-0.25, -0.2) is 4.98 Å². The zero-order valence-corrected chi connectivity index (χ0v) is 15.2. The van der Waals surface area contributed by atoms with Gasteiger partial charge in [-0.15, -0.1) is 0 Å². The zero-order valence-electron chi connectivity index (χ0n) is 15.2. The van der Waals surface area contributed by atoms with Crippen LogP contribution in [-0.2, 0) is 17.8 Å². The maximum absolute atomic E-state index is 11.8. The summed E-state index contributed by atoms with van der Waals surface area (Å²) in [6, 6.07) is 6.13. The largest absolute Gasteiger partial charge is 0.454 e. The number of hydrogen-bond donors (Lipinski definition) is 0. The van der Waals surface area contributed by atoms with Gasteiger partial charge in [-0.1, -0.05) is 6.07 Å². The van der Waals surface area contributed by atoms with E-state index in [1.54, 1.807) is 18.1 Å². The van der Waals surface area contributed by atoms with Crippen molar-refractivity contribution in [2.45, 2.75) is 13.0 Å². The van der Waals surface area contributed by atoms with Gasteiger partial charge in [-0.05, 0) is 17.7 Å². The second kappa shape index (κ2) is 6.38. The summed E-state index contributed by atoms with van der Waals surface area (Å²) in [4.78, 5) is 27.2. The molecule has 4 heterocycles. The fraction of sp³-hybridized carbons (Fsp3) is 0.421. The van der Waals surface area contributed by atoms with Crippen molar-refractivity contribution >= 4 is 17.7 Å². The Bertz CT molecular complexity index is 895. The summed E-state index contributed by atoms with van der Waals surface area (Å²) in [7, 11) is 1.77. The van der Waals surface area contributed by atoms with E-state index < -0.39 is 0 Å². The number of carbonyl (C=O) groups excluding carboxylic acids is 1. The highest BCUT2D eigenvalue weighted by Crippen LogP contribution is 2.33. The van der Waals surface area contributed by atoms with Crippen LogP contribution in [-0.4, -0.2) is 60.8 Å². The fourth-order valence-corrected chi connectivity index (χ4v) is 3.76. The molecule has 0 spiro atoms. The number of anilines is 2. The standard InChI is InChI=1S/C19H21N5O3/c1-22-17(25)9-14-10-20-19(21-18(14)22)24-6-4-23(5-7-24)11-13-2-3-15-16(8-13)27-12-26-15/h2-3,8,10H,4-7,9,11-12H2,1H3. The number of piperazine rings is 1. The lowest BCUT2D eigenvalue weighted by Crippen LogP contribution is -2.46. The lowest BCUT2D eigenvalue weighted by atomic mass is 10.1. The number of ether oxygens (including phenoxy) is 2. The number of likely N-dealkylation sites (N-methyl/N-ethyl adjacent to an activating group) is 1. The van der Waals surface area contributed by atoms with Crippen LogP contribution in [0.4, 0.5) is 11.8 Å². The molecular formula is C19H21N5O3. The van der Waals surface area contributed by atoms with Gasteiger partial charge < -0.3 is 14.4 Å². The molecule has 1 amide bonds. The monoisotopic (exact) mass is 367 g/mol. The van der Waals surface area contributed by atoms with Gasteiger partial charge in [0, 0.05) is 51.5 Å². The molecule has 8 nitrogen and oxygen atoms in total. The third kappa shape index (κ3) is 2.95. The van der Waals surface area contributed by atoms with Crippen molar-refractivity contribution in [1.82, 2.24) is 14.9 Å². The van der Waals surface area contributed by atoms with Crippen molar-refractivity contribution in [1.29, 1.82) is 0 Å². The molecule has 0 saturated carbocycles. The molecule has 3 aliphatic rings. The summed E-state index contributed by atoms with van der Waals surface area (Å²) in [6.07, 6.45) is 2.19. The van der Waals surface area contributed by atoms with Crippen LogP contribution in [0.1, 0.15) is 11.1 Å². The van der Waals surface area contributed by atoms with Crippen LogP contribution < -0.4 is 19.3 Å². The van der Waals surface area contributed by atoms with Crippen LogP contribution in [0.15, 0.2) is 24.4 Å². The first kappa shape index (κ1) is 16.3. The Labute approximate surface area is 157 Å². The van der Waals surface area contributed by atoms with Crippen molar-refractivity contribution in [2.24, 2.45) is 0 Å². The molecule has 1 aromatic carbocycles. The molecule has 5 rings (SSSR count). The Morgan fingerprint density at radius 1 is 1.11 bits per heavy atom. The minimum absolute atomic E-state index is 0.0741. The first-order valence-corrected chi connectivity index (χ1v) is 9.16. The lowest BCUT2D eigenvalue weighted by molar-refractivity contribution is -0.117. The topological polar surface area (TPSA) is 71.0 Å². The molecule has 2 aromatic rings. The minimum atomic E-state index is 0.0741. The van der Waals surface area contributed by atoms with Crippen molar-refractivity contribution in [3.63, 3.8) is 0 Å². The molecule has 0 radical (unpaired) electrons. The highest BCUT2D eigenvalue weighted by atomic mass is 16.7. The molecule has 1 saturated heterocycles. The number of nitrogens with zero attached hydrogens (tertiary/aromatic N) is 5. The summed E-state index contributed by atoms with van der Waals surface area (Å²) in [5, 5.41) is 0. The first-order chi connectivity index (χ1) is 13.2. The average molecular weight is 367 g/mol. The van der Waals surface area contributed by atoms with Crippen LogP contribution in [0.2, 0.25) is 0 Å². The van der Waals surface area contributed by atoms with E-state index in [2.05, 4.69) is 31.9 Å². The van der Waals surface area contributed by atoms with Gasteiger partial charge in [0.05, 0.1) is 6.42 Å². The van der Waals surface area contributed by atoms with E-state index in [0.29, 0.717) is 19.2 Å². The van der Waals surface area contributed by atoms with E-state index in [1.807, 2.05) is 6.07 Å². The third-order valence-corrected chi connectivity index (χ3v) is 5.36. The van der Waals surface area contributed by atoms with Gasteiger partial charge in [0.1, 0.15) is 5.82 Å². The van der Waals surface area contributed by atoms with E-state index in [4.69, 9.17) is 9.47 Å². The highest BCUT2D eigenvalue weighted by Gasteiger charge is 2.28. The van der Waals surface area contributed by atoms with Gasteiger partial charge >= 0.3 is 0 Å². The summed E-state index contributed by atoms with van der Waals surface area (Å²) in [6.45, 7) is 4.78. The van der Waals surface area contributed by atoms with Crippen LogP contribution in [0, 0.1) is 0 Å². The fourth-order valence-electron chi connectivity index (χ4n) is 3.76. The number of fused-ring (bicyclic) bond motifs is 2. The van der Waals surface area contributed by atoms with Gasteiger partial charge in [-0.2, -0.15) is 4.98 Å². The normalized spacial score (nSPS) is 18.9. The molecule has 0 N–H and O–H groups in total. The van der Waals surface area contributed by atoms with E-state index >= 15 is 0 Å². The Morgan fingerprint density at radius 2 is 1.93 bits per heavy atom. The van der Waals surface area contributed by atoms with Crippen LogP contribution in [0.3, 0.4) is 0 Å². The Hall–Kier alpha value is -2.87. The molecule has 1 fully saturated rings. The molecule has 0 unspecified atom stereocenters. The smallest absolute Gasteiger partial charge is 0.232 e. The summed E-state index contributed by atoms with van der Waals surface area (Å²) < 4.78 is 10.8. The predicted molar refractivity (Wildman–Crippen MR) is 99.2 cm³/mol. The quantitative estimate of drug-likeness (QED) is 0.803. The summed E-state index contributed by atoms with van der Waals surface area (Å²) >= 11 is 0. The molecule has 140 valence electrons. The second-order valence-electron chi connectivity index (χ2n) is 7.10. The number of carbonyl (C=O) groups is 1. The molecule has 0 atom stereocenters. The minimum Gasteiger partial charge on any atom is -0.454 e. The maximum atomic E-state index is 11.8. The third-order valence-electron chi connectivity index (χ3n) is 5.36. The second-order valence-corrected chi connectivity index (χ2v) is 7.10. The van der Waals surface area contributed by atoms with E-state index in [1.165, 1.54) is 5.56 Å². The van der Waals surface area contributed by atoms with E-state index in [-0.39, 0.29) is 5.91 Å².